The van der Waals surface area contributed by atoms with E-state index in [1.165, 1.54) is 13.2 Å². The van der Waals surface area contributed by atoms with E-state index >= 15 is 0 Å². The van der Waals surface area contributed by atoms with E-state index in [4.69, 9.17) is 4.74 Å². The van der Waals surface area contributed by atoms with Crippen LogP contribution >= 0.6 is 0 Å². The standard InChI is InChI=1S/C19H26O5/c1-12-3-7-15(17(22)9-12)18(23)11-14(20)6-4-13-5-8-16(21)19(10-13)24-2/h3,5,7-8,10,12,15,17-18,21-23H,4,6,9,11H2,1-2H3/t12-,15+,17+,18-/m0/s1. The monoisotopic (exact) mass is 334 g/mol. The predicted molar refractivity (Wildman–Crippen MR) is 91.0 cm³/mol. The second kappa shape index (κ2) is 8.31. The topological polar surface area (TPSA) is 87.0 Å². The molecule has 0 aliphatic heterocycles. The van der Waals surface area contributed by atoms with Crippen LogP contribution in [-0.2, 0) is 11.2 Å². The fourth-order valence-corrected chi connectivity index (χ4v) is 3.08. The number of ketones is 1. The van der Waals surface area contributed by atoms with Crippen LogP contribution in [0.4, 0.5) is 0 Å². The zero-order valence-corrected chi connectivity index (χ0v) is 14.2. The van der Waals surface area contributed by atoms with Crippen LogP contribution in [0.3, 0.4) is 0 Å². The second-order valence-corrected chi connectivity index (χ2v) is 6.56. The maximum absolute atomic E-state index is 12.1. The first-order valence-electron chi connectivity index (χ1n) is 8.32. The van der Waals surface area contributed by atoms with Crippen molar-refractivity contribution in [3.63, 3.8) is 0 Å². The van der Waals surface area contributed by atoms with Gasteiger partial charge in [0, 0.05) is 18.8 Å². The molecule has 2 rings (SSSR count). The molecule has 0 amide bonds. The Hall–Kier alpha value is -1.85. The van der Waals surface area contributed by atoms with E-state index in [-0.39, 0.29) is 23.9 Å². The van der Waals surface area contributed by atoms with Gasteiger partial charge in [0.15, 0.2) is 11.5 Å². The van der Waals surface area contributed by atoms with Gasteiger partial charge in [-0.25, -0.2) is 0 Å². The van der Waals surface area contributed by atoms with Crippen molar-refractivity contribution in [2.45, 2.75) is 44.8 Å². The Kier molecular flexibility index (Phi) is 6.40. The molecule has 1 aliphatic carbocycles. The summed E-state index contributed by atoms with van der Waals surface area (Å²) >= 11 is 0. The maximum atomic E-state index is 12.1. The van der Waals surface area contributed by atoms with E-state index in [9.17, 15) is 20.1 Å². The minimum absolute atomic E-state index is 0.0374. The molecule has 1 aliphatic rings. The maximum Gasteiger partial charge on any atom is 0.160 e. The zero-order chi connectivity index (χ0) is 17.7. The van der Waals surface area contributed by atoms with Gasteiger partial charge in [-0.05, 0) is 36.5 Å². The third-order valence-electron chi connectivity index (χ3n) is 4.54. The second-order valence-electron chi connectivity index (χ2n) is 6.56. The molecule has 0 aromatic heterocycles. The van der Waals surface area contributed by atoms with E-state index in [1.54, 1.807) is 12.1 Å². The molecule has 0 fully saturated rings. The molecule has 5 heteroatoms. The van der Waals surface area contributed by atoms with E-state index < -0.39 is 12.2 Å². The Labute approximate surface area is 142 Å². The van der Waals surface area contributed by atoms with Crippen molar-refractivity contribution in [1.82, 2.24) is 0 Å². The average molecular weight is 334 g/mol. The molecule has 0 saturated heterocycles. The smallest absolute Gasteiger partial charge is 0.160 e. The fourth-order valence-electron chi connectivity index (χ4n) is 3.08. The van der Waals surface area contributed by atoms with Crippen LogP contribution < -0.4 is 4.74 Å². The highest BCUT2D eigenvalue weighted by Gasteiger charge is 2.29. The summed E-state index contributed by atoms with van der Waals surface area (Å²) in [7, 11) is 1.48. The van der Waals surface area contributed by atoms with Gasteiger partial charge in [-0.15, -0.1) is 0 Å². The number of rotatable bonds is 7. The lowest BCUT2D eigenvalue weighted by molar-refractivity contribution is -0.122. The number of phenols is 1. The molecule has 0 spiro atoms. The van der Waals surface area contributed by atoms with Crippen molar-refractivity contribution in [3.8, 4) is 11.5 Å². The third-order valence-corrected chi connectivity index (χ3v) is 4.54. The van der Waals surface area contributed by atoms with Crippen LogP contribution in [0.25, 0.3) is 0 Å². The summed E-state index contributed by atoms with van der Waals surface area (Å²) in [5.41, 5.74) is 0.888. The van der Waals surface area contributed by atoms with E-state index in [0.29, 0.717) is 30.9 Å². The summed E-state index contributed by atoms with van der Waals surface area (Å²) in [6, 6.07) is 4.99. The van der Waals surface area contributed by atoms with Crippen molar-refractivity contribution in [3.05, 3.63) is 35.9 Å². The number of allylic oxidation sites excluding steroid dienone is 1. The van der Waals surface area contributed by atoms with Gasteiger partial charge in [0.1, 0.15) is 5.78 Å². The van der Waals surface area contributed by atoms with Gasteiger partial charge in [0.25, 0.3) is 0 Å². The number of methoxy groups -OCH3 is 1. The van der Waals surface area contributed by atoms with Crippen molar-refractivity contribution in [2.75, 3.05) is 7.11 Å². The summed E-state index contributed by atoms with van der Waals surface area (Å²) < 4.78 is 5.05. The number of Topliss-reactive ketones (excluding diaryl/α,β-unsaturated/α-hetero) is 1. The number of benzene rings is 1. The Morgan fingerprint density at radius 1 is 1.38 bits per heavy atom. The summed E-state index contributed by atoms with van der Waals surface area (Å²) in [6.45, 7) is 2.01. The highest BCUT2D eigenvalue weighted by molar-refractivity contribution is 5.79. The summed E-state index contributed by atoms with van der Waals surface area (Å²) in [4.78, 5) is 12.1. The van der Waals surface area contributed by atoms with E-state index in [2.05, 4.69) is 0 Å². The first kappa shape index (κ1) is 18.5. The van der Waals surface area contributed by atoms with Crippen LogP contribution in [-0.4, -0.2) is 40.4 Å². The molecule has 0 radical (unpaired) electrons. The first-order valence-corrected chi connectivity index (χ1v) is 8.32. The number of hydrogen-bond acceptors (Lipinski definition) is 5. The predicted octanol–water partition coefficient (Wildman–Crippen LogP) is 2.23. The molecule has 1 aromatic carbocycles. The third kappa shape index (κ3) is 4.82. The number of carbonyl (C=O) groups excluding carboxylic acids is 1. The number of hydrogen-bond donors (Lipinski definition) is 3. The normalized spacial score (nSPS) is 24.6. The Balaban J connectivity index is 1.86. The van der Waals surface area contributed by atoms with Crippen LogP contribution in [0, 0.1) is 11.8 Å². The lowest BCUT2D eigenvalue weighted by atomic mass is 9.82. The molecule has 0 saturated carbocycles. The summed E-state index contributed by atoms with van der Waals surface area (Å²) in [5, 5.41) is 29.8. The van der Waals surface area contributed by atoms with Gasteiger partial charge in [-0.1, -0.05) is 25.1 Å². The number of aryl methyl sites for hydroxylation is 1. The van der Waals surface area contributed by atoms with Crippen LogP contribution in [0.1, 0.15) is 31.7 Å². The SMILES string of the molecule is COc1cc(CCC(=O)C[C@H](O)[C@@H]2C=C[C@H](C)C[C@H]2O)ccc1O. The van der Waals surface area contributed by atoms with Gasteiger partial charge in [-0.3, -0.25) is 4.79 Å². The molecule has 24 heavy (non-hydrogen) atoms. The number of aliphatic hydroxyl groups excluding tert-OH is 2. The lowest BCUT2D eigenvalue weighted by Gasteiger charge is -2.29. The Bertz CT molecular complexity index is 595. The van der Waals surface area contributed by atoms with Crippen molar-refractivity contribution < 1.29 is 24.9 Å². The quantitative estimate of drug-likeness (QED) is 0.666. The van der Waals surface area contributed by atoms with E-state index in [1.807, 2.05) is 19.1 Å². The number of aliphatic hydroxyl groups is 2. The average Bonchev–Trinajstić information content (AvgIpc) is 2.53. The number of ether oxygens (including phenoxy) is 1. The zero-order valence-electron chi connectivity index (χ0n) is 14.2. The molecule has 0 heterocycles. The molecule has 1 aromatic rings. The van der Waals surface area contributed by atoms with Crippen molar-refractivity contribution in [2.24, 2.45) is 11.8 Å². The Morgan fingerprint density at radius 3 is 2.79 bits per heavy atom. The van der Waals surface area contributed by atoms with Crippen LogP contribution in [0.5, 0.6) is 11.5 Å². The minimum Gasteiger partial charge on any atom is -0.504 e. The van der Waals surface area contributed by atoms with Gasteiger partial charge >= 0.3 is 0 Å². The van der Waals surface area contributed by atoms with Gasteiger partial charge in [0.2, 0.25) is 0 Å². The number of phenolic OH excluding ortho intramolecular Hbond substituents is 1. The van der Waals surface area contributed by atoms with Crippen molar-refractivity contribution >= 4 is 5.78 Å². The van der Waals surface area contributed by atoms with Crippen molar-refractivity contribution in [1.29, 1.82) is 0 Å². The Morgan fingerprint density at radius 2 is 2.12 bits per heavy atom. The first-order chi connectivity index (χ1) is 11.4. The highest BCUT2D eigenvalue weighted by atomic mass is 16.5. The molecule has 4 atom stereocenters. The molecule has 0 unspecified atom stereocenters. The lowest BCUT2D eigenvalue weighted by Crippen LogP contribution is -2.35. The molecular weight excluding hydrogens is 308 g/mol. The molecule has 3 N–H and O–H groups in total. The van der Waals surface area contributed by atoms with Gasteiger partial charge in [-0.2, -0.15) is 0 Å². The molecule has 0 bridgehead atoms. The van der Waals surface area contributed by atoms with Crippen LogP contribution in [0.2, 0.25) is 0 Å². The summed E-state index contributed by atoms with van der Waals surface area (Å²) in [5.74, 6) is 0.316. The molecule has 132 valence electrons. The van der Waals surface area contributed by atoms with Gasteiger partial charge < -0.3 is 20.1 Å². The fraction of sp³-hybridized carbons (Fsp3) is 0.526. The minimum atomic E-state index is -0.856. The summed E-state index contributed by atoms with van der Waals surface area (Å²) in [6.07, 6.45) is 3.81. The molecule has 5 nitrogen and oxygen atoms in total. The number of carbonyl (C=O) groups is 1. The van der Waals surface area contributed by atoms with Crippen LogP contribution in [0.15, 0.2) is 30.4 Å². The van der Waals surface area contributed by atoms with E-state index in [0.717, 1.165) is 5.56 Å². The highest BCUT2D eigenvalue weighted by Crippen LogP contribution is 2.28. The molecular formula is C19H26O5. The van der Waals surface area contributed by atoms with Gasteiger partial charge in [0.05, 0.1) is 19.3 Å². The largest absolute Gasteiger partial charge is 0.504 e. The number of aromatic hydroxyl groups is 1.